The molecule has 4 rings (SSSR count). The summed E-state index contributed by atoms with van der Waals surface area (Å²) in [7, 11) is 4.27. The quantitative estimate of drug-likeness (QED) is 0.838. The van der Waals surface area contributed by atoms with Gasteiger partial charge < -0.3 is 14.7 Å². The molecule has 1 aromatic heterocycles. The van der Waals surface area contributed by atoms with Crippen LogP contribution in [0.4, 0.5) is 10.2 Å². The van der Waals surface area contributed by atoms with Crippen LogP contribution >= 0.6 is 0 Å². The molecule has 6 heteroatoms. The SMILES string of the molecule is C[C@@H]1CCN(C(=O)c2cccnc2N2C[C@@H]3C(N(C)C)[C@@H]3C2)C[C@@H]1F. The molecule has 5 nitrogen and oxygen atoms in total. The molecule has 0 spiro atoms. The Morgan fingerprint density at radius 1 is 1.28 bits per heavy atom. The third-order valence-electron chi connectivity index (χ3n) is 6.22. The van der Waals surface area contributed by atoms with Gasteiger partial charge in [-0.05, 0) is 50.4 Å². The van der Waals surface area contributed by atoms with Crippen LogP contribution in [-0.2, 0) is 0 Å². The highest BCUT2D eigenvalue weighted by Crippen LogP contribution is 2.49. The topological polar surface area (TPSA) is 39.7 Å². The maximum absolute atomic E-state index is 14.1. The van der Waals surface area contributed by atoms with Gasteiger partial charge in [-0.15, -0.1) is 0 Å². The Balaban J connectivity index is 1.50. The van der Waals surface area contributed by atoms with Crippen LogP contribution in [0.2, 0.25) is 0 Å². The fourth-order valence-electron chi connectivity index (χ4n) is 4.63. The van der Waals surface area contributed by atoms with Crippen molar-refractivity contribution in [2.24, 2.45) is 17.8 Å². The summed E-state index contributed by atoms with van der Waals surface area (Å²) >= 11 is 0. The molecule has 2 saturated heterocycles. The summed E-state index contributed by atoms with van der Waals surface area (Å²) in [5.74, 6) is 2.07. The number of alkyl halides is 1. The highest BCUT2D eigenvalue weighted by molar-refractivity contribution is 5.99. The summed E-state index contributed by atoms with van der Waals surface area (Å²) in [5, 5.41) is 0. The van der Waals surface area contributed by atoms with Crippen molar-refractivity contribution in [2.75, 3.05) is 45.2 Å². The van der Waals surface area contributed by atoms with Crippen LogP contribution in [0.3, 0.4) is 0 Å². The first-order chi connectivity index (χ1) is 12.0. The normalized spacial score (nSPS) is 34.4. The van der Waals surface area contributed by atoms with E-state index in [-0.39, 0.29) is 18.4 Å². The van der Waals surface area contributed by atoms with Crippen LogP contribution in [0, 0.1) is 17.8 Å². The Hall–Kier alpha value is -1.69. The number of carbonyl (C=O) groups is 1. The van der Waals surface area contributed by atoms with Gasteiger partial charge in [0.25, 0.3) is 5.91 Å². The van der Waals surface area contributed by atoms with E-state index < -0.39 is 6.17 Å². The van der Waals surface area contributed by atoms with Crippen LogP contribution in [0.5, 0.6) is 0 Å². The van der Waals surface area contributed by atoms with Crippen LogP contribution in [0.1, 0.15) is 23.7 Å². The number of hydrogen-bond donors (Lipinski definition) is 0. The number of rotatable bonds is 3. The molecule has 25 heavy (non-hydrogen) atoms. The van der Waals surface area contributed by atoms with Crippen LogP contribution in [-0.4, -0.2) is 73.2 Å². The molecule has 2 aliphatic heterocycles. The Morgan fingerprint density at radius 2 is 2.00 bits per heavy atom. The lowest BCUT2D eigenvalue weighted by atomic mass is 9.96. The molecule has 3 heterocycles. The smallest absolute Gasteiger partial charge is 0.257 e. The summed E-state index contributed by atoms with van der Waals surface area (Å²) in [6.07, 6.45) is 1.54. The number of halogens is 1. The van der Waals surface area contributed by atoms with Crippen molar-refractivity contribution < 1.29 is 9.18 Å². The second-order valence-electron chi connectivity index (χ2n) is 8.09. The maximum atomic E-state index is 14.1. The van der Waals surface area contributed by atoms with E-state index in [1.165, 1.54) is 0 Å². The molecule has 1 amide bonds. The minimum absolute atomic E-state index is 0.0334. The highest BCUT2D eigenvalue weighted by atomic mass is 19.1. The molecule has 0 N–H and O–H groups in total. The molecule has 136 valence electrons. The zero-order chi connectivity index (χ0) is 17.7. The molecule has 1 aromatic rings. The van der Waals surface area contributed by atoms with Crippen LogP contribution < -0.4 is 4.90 Å². The Kier molecular flexibility index (Phi) is 4.18. The average molecular weight is 346 g/mol. The molecule has 3 aliphatic rings. The van der Waals surface area contributed by atoms with E-state index in [9.17, 15) is 9.18 Å². The first-order valence-corrected chi connectivity index (χ1v) is 9.27. The van der Waals surface area contributed by atoms with Crippen molar-refractivity contribution in [3.05, 3.63) is 23.9 Å². The van der Waals surface area contributed by atoms with Crippen molar-refractivity contribution in [1.29, 1.82) is 0 Å². The first kappa shape index (κ1) is 16.8. The zero-order valence-corrected chi connectivity index (χ0v) is 15.2. The Bertz CT molecular complexity index is 655. The van der Waals surface area contributed by atoms with Gasteiger partial charge in [0.05, 0.1) is 12.1 Å². The molecule has 0 bridgehead atoms. The molecule has 0 aromatic carbocycles. The number of piperidine rings is 2. The average Bonchev–Trinajstić information content (AvgIpc) is 3.12. The molecule has 1 unspecified atom stereocenters. The van der Waals surface area contributed by atoms with Gasteiger partial charge in [0.2, 0.25) is 0 Å². The first-order valence-electron chi connectivity index (χ1n) is 9.27. The molecular weight excluding hydrogens is 319 g/mol. The van der Waals surface area contributed by atoms with Gasteiger partial charge in [-0.25, -0.2) is 9.37 Å². The predicted octanol–water partition coefficient (Wildman–Crippen LogP) is 1.90. The second-order valence-corrected chi connectivity index (χ2v) is 8.09. The number of nitrogens with zero attached hydrogens (tertiary/aromatic N) is 4. The summed E-state index contributed by atoms with van der Waals surface area (Å²) in [4.78, 5) is 23.7. The van der Waals surface area contributed by atoms with Gasteiger partial charge in [0.15, 0.2) is 0 Å². The fraction of sp³-hybridized carbons (Fsp3) is 0.684. The number of carbonyl (C=O) groups excluding carboxylic acids is 1. The molecule has 3 fully saturated rings. The highest BCUT2D eigenvalue weighted by Gasteiger charge is 2.57. The van der Waals surface area contributed by atoms with E-state index in [0.29, 0.717) is 30.0 Å². The number of fused-ring (bicyclic) bond motifs is 1. The monoisotopic (exact) mass is 346 g/mol. The van der Waals surface area contributed by atoms with Gasteiger partial charge in [0.1, 0.15) is 12.0 Å². The van der Waals surface area contributed by atoms with E-state index in [1.54, 1.807) is 17.2 Å². The van der Waals surface area contributed by atoms with Crippen molar-refractivity contribution in [3.63, 3.8) is 0 Å². The maximum Gasteiger partial charge on any atom is 0.257 e. The number of hydrogen-bond acceptors (Lipinski definition) is 4. The minimum Gasteiger partial charge on any atom is -0.355 e. The molecular formula is C19H27FN4O. The summed E-state index contributed by atoms with van der Waals surface area (Å²) in [5.41, 5.74) is 0.618. The standard InChI is InChI=1S/C19H27FN4O/c1-12-6-8-23(11-16(12)20)19(25)13-5-4-7-21-18(13)24-9-14-15(10-24)17(14)22(2)3/h4-5,7,12,14-17H,6,8-11H2,1-3H3/t12-,14-,15+,16+,17?/m1/s1. The number of pyridine rings is 1. The van der Waals surface area contributed by atoms with Gasteiger partial charge in [-0.2, -0.15) is 0 Å². The predicted molar refractivity (Wildman–Crippen MR) is 95.5 cm³/mol. The third kappa shape index (κ3) is 2.90. The number of amides is 1. The fourth-order valence-corrected chi connectivity index (χ4v) is 4.63. The number of likely N-dealkylation sites (tertiary alicyclic amines) is 1. The van der Waals surface area contributed by atoms with Crippen molar-refractivity contribution in [3.8, 4) is 0 Å². The van der Waals surface area contributed by atoms with Crippen molar-refractivity contribution in [1.82, 2.24) is 14.8 Å². The Morgan fingerprint density at radius 3 is 2.64 bits per heavy atom. The van der Waals surface area contributed by atoms with Gasteiger partial charge in [0, 0.05) is 31.9 Å². The largest absolute Gasteiger partial charge is 0.355 e. The lowest BCUT2D eigenvalue weighted by molar-refractivity contribution is 0.0541. The van der Waals surface area contributed by atoms with E-state index in [2.05, 4.69) is 28.9 Å². The second kappa shape index (κ2) is 6.24. The minimum atomic E-state index is -0.932. The van der Waals surface area contributed by atoms with Crippen LogP contribution in [0.25, 0.3) is 0 Å². The van der Waals surface area contributed by atoms with Crippen molar-refractivity contribution in [2.45, 2.75) is 25.6 Å². The lowest BCUT2D eigenvalue weighted by Gasteiger charge is -2.34. The van der Waals surface area contributed by atoms with E-state index in [0.717, 1.165) is 25.3 Å². The van der Waals surface area contributed by atoms with Gasteiger partial charge in [-0.1, -0.05) is 6.92 Å². The molecule has 0 radical (unpaired) electrons. The van der Waals surface area contributed by atoms with Crippen LogP contribution in [0.15, 0.2) is 18.3 Å². The number of aromatic nitrogens is 1. The third-order valence-corrected chi connectivity index (χ3v) is 6.22. The summed E-state index contributed by atoms with van der Waals surface area (Å²) < 4.78 is 14.1. The Labute approximate surface area is 148 Å². The van der Waals surface area contributed by atoms with E-state index in [4.69, 9.17) is 0 Å². The molecule has 1 saturated carbocycles. The molecule has 5 atom stereocenters. The van der Waals surface area contributed by atoms with E-state index in [1.807, 2.05) is 13.0 Å². The van der Waals surface area contributed by atoms with Gasteiger partial charge in [-0.3, -0.25) is 4.79 Å². The lowest BCUT2D eigenvalue weighted by Crippen LogP contribution is -2.44. The van der Waals surface area contributed by atoms with Crippen molar-refractivity contribution >= 4 is 11.7 Å². The summed E-state index contributed by atoms with van der Waals surface area (Å²) in [6, 6.07) is 4.30. The summed E-state index contributed by atoms with van der Waals surface area (Å²) in [6.45, 7) is 4.64. The van der Waals surface area contributed by atoms with Gasteiger partial charge >= 0.3 is 0 Å². The zero-order valence-electron chi connectivity index (χ0n) is 15.2. The molecule has 1 aliphatic carbocycles. The van der Waals surface area contributed by atoms with E-state index >= 15 is 0 Å². The number of anilines is 1.